The molecule has 1 saturated heterocycles. The molecule has 6 heteroatoms. The Morgan fingerprint density at radius 3 is 2.67 bits per heavy atom. The van der Waals surface area contributed by atoms with Gasteiger partial charge in [0.25, 0.3) is 0 Å². The number of halogens is 1. The first-order valence-corrected chi connectivity index (χ1v) is 9.15. The molecule has 0 aliphatic carbocycles. The molecular weight excluding hydrogens is 453 g/mol. The Labute approximate surface area is 178 Å². The first-order chi connectivity index (χ1) is 12.7. The van der Waals surface area contributed by atoms with Crippen LogP contribution in [-0.2, 0) is 11.3 Å². The summed E-state index contributed by atoms with van der Waals surface area (Å²) in [7, 11) is 0. The number of aliphatic imine (C=N–C) groups is 1. The van der Waals surface area contributed by atoms with Crippen molar-refractivity contribution in [2.24, 2.45) is 4.99 Å². The average Bonchev–Trinajstić information content (AvgIpc) is 2.67. The number of nitrogens with one attached hydrogen (secondary N) is 1. The molecule has 1 aliphatic rings. The summed E-state index contributed by atoms with van der Waals surface area (Å²) in [6, 6.07) is 15.6. The van der Waals surface area contributed by atoms with Gasteiger partial charge >= 0.3 is 0 Å². The average molecular weight is 481 g/mol. The zero-order valence-electron chi connectivity index (χ0n) is 15.9. The smallest absolute Gasteiger partial charge is 0.194 e. The highest BCUT2D eigenvalue weighted by Gasteiger charge is 2.25. The second-order valence-corrected chi connectivity index (χ2v) is 6.50. The molecule has 0 spiro atoms. The van der Waals surface area contributed by atoms with Gasteiger partial charge in [0.1, 0.15) is 11.9 Å². The van der Waals surface area contributed by atoms with Crippen molar-refractivity contribution >= 4 is 29.9 Å². The molecule has 0 aromatic heterocycles. The molecule has 27 heavy (non-hydrogen) atoms. The van der Waals surface area contributed by atoms with E-state index in [1.807, 2.05) is 12.1 Å². The minimum atomic E-state index is 0. The Kier molecular flexibility index (Phi) is 8.37. The van der Waals surface area contributed by atoms with E-state index >= 15 is 0 Å². The Hall–Kier alpha value is -1.80. The summed E-state index contributed by atoms with van der Waals surface area (Å²) in [5.41, 5.74) is 3.57. The molecule has 146 valence electrons. The number of rotatable bonds is 4. The minimum absolute atomic E-state index is 0. The SMILES string of the molecule is CCNC(=NCc1ccc(O)cc1)N1CCOC(c2ccccc2C)C1.I. The molecule has 0 saturated carbocycles. The monoisotopic (exact) mass is 481 g/mol. The first-order valence-electron chi connectivity index (χ1n) is 9.15. The molecule has 0 bridgehead atoms. The summed E-state index contributed by atoms with van der Waals surface area (Å²) in [4.78, 5) is 7.05. The van der Waals surface area contributed by atoms with Crippen molar-refractivity contribution in [3.05, 3.63) is 65.2 Å². The van der Waals surface area contributed by atoms with Crippen molar-refractivity contribution < 1.29 is 9.84 Å². The molecule has 1 heterocycles. The Balaban J connectivity index is 0.00000261. The number of morpholine rings is 1. The van der Waals surface area contributed by atoms with Crippen molar-refractivity contribution in [2.75, 3.05) is 26.2 Å². The van der Waals surface area contributed by atoms with Gasteiger partial charge in [0.15, 0.2) is 5.96 Å². The molecular formula is C21H28IN3O2. The lowest BCUT2D eigenvalue weighted by atomic mass is 10.0. The van der Waals surface area contributed by atoms with Gasteiger partial charge in [-0.25, -0.2) is 4.99 Å². The van der Waals surface area contributed by atoms with Gasteiger partial charge in [0, 0.05) is 13.1 Å². The summed E-state index contributed by atoms with van der Waals surface area (Å²) in [5, 5.41) is 12.8. The molecule has 2 aromatic carbocycles. The van der Waals surface area contributed by atoms with Crippen molar-refractivity contribution in [3.8, 4) is 5.75 Å². The normalized spacial score (nSPS) is 17.3. The molecule has 1 atom stereocenters. The highest BCUT2D eigenvalue weighted by atomic mass is 127. The lowest BCUT2D eigenvalue weighted by Gasteiger charge is -2.35. The van der Waals surface area contributed by atoms with E-state index in [1.54, 1.807) is 12.1 Å². The van der Waals surface area contributed by atoms with E-state index in [0.29, 0.717) is 13.2 Å². The Bertz CT molecular complexity index is 749. The molecule has 0 amide bonds. The van der Waals surface area contributed by atoms with Crippen LogP contribution in [0.2, 0.25) is 0 Å². The van der Waals surface area contributed by atoms with E-state index in [0.717, 1.165) is 31.2 Å². The fraction of sp³-hybridized carbons (Fsp3) is 0.381. The second-order valence-electron chi connectivity index (χ2n) is 6.50. The van der Waals surface area contributed by atoms with E-state index in [1.165, 1.54) is 11.1 Å². The van der Waals surface area contributed by atoms with Crippen LogP contribution in [0.15, 0.2) is 53.5 Å². The van der Waals surface area contributed by atoms with Crippen molar-refractivity contribution in [3.63, 3.8) is 0 Å². The van der Waals surface area contributed by atoms with Gasteiger partial charge in [-0.3, -0.25) is 0 Å². The standard InChI is InChI=1S/C21H27N3O2.HI/c1-3-22-21(23-14-17-8-10-18(25)11-9-17)24-12-13-26-20(15-24)19-7-5-4-6-16(19)2;/h4-11,20,25H,3,12-15H2,1-2H3,(H,22,23);1H. The fourth-order valence-electron chi connectivity index (χ4n) is 3.17. The van der Waals surface area contributed by atoms with Crippen LogP contribution in [0.1, 0.15) is 29.7 Å². The van der Waals surface area contributed by atoms with Crippen LogP contribution in [0.4, 0.5) is 0 Å². The van der Waals surface area contributed by atoms with Crippen LogP contribution in [0.5, 0.6) is 5.75 Å². The number of nitrogens with zero attached hydrogens (tertiary/aromatic N) is 2. The molecule has 5 nitrogen and oxygen atoms in total. The molecule has 1 aliphatic heterocycles. The summed E-state index contributed by atoms with van der Waals surface area (Å²) >= 11 is 0. The number of aryl methyl sites for hydroxylation is 1. The molecule has 3 rings (SSSR count). The number of benzene rings is 2. The predicted octanol–water partition coefficient (Wildman–Crippen LogP) is 3.86. The quantitative estimate of drug-likeness (QED) is 0.396. The van der Waals surface area contributed by atoms with Crippen LogP contribution in [-0.4, -0.2) is 42.2 Å². The van der Waals surface area contributed by atoms with Gasteiger partial charge in [0.05, 0.1) is 19.7 Å². The third-order valence-corrected chi connectivity index (χ3v) is 4.58. The van der Waals surface area contributed by atoms with Gasteiger partial charge in [0.2, 0.25) is 0 Å². The lowest BCUT2D eigenvalue weighted by Crippen LogP contribution is -2.48. The fourth-order valence-corrected chi connectivity index (χ4v) is 3.17. The summed E-state index contributed by atoms with van der Waals surface area (Å²) < 4.78 is 6.03. The van der Waals surface area contributed by atoms with E-state index in [-0.39, 0.29) is 35.8 Å². The van der Waals surface area contributed by atoms with Crippen LogP contribution in [0.3, 0.4) is 0 Å². The van der Waals surface area contributed by atoms with E-state index < -0.39 is 0 Å². The topological polar surface area (TPSA) is 57.1 Å². The van der Waals surface area contributed by atoms with E-state index in [9.17, 15) is 5.11 Å². The maximum absolute atomic E-state index is 9.41. The molecule has 2 aromatic rings. The lowest BCUT2D eigenvalue weighted by molar-refractivity contribution is -0.00834. The molecule has 0 radical (unpaired) electrons. The first kappa shape index (κ1) is 21.5. The number of aromatic hydroxyl groups is 1. The van der Waals surface area contributed by atoms with Gasteiger partial charge < -0.3 is 20.1 Å². The molecule has 2 N–H and O–H groups in total. The van der Waals surface area contributed by atoms with Crippen LogP contribution < -0.4 is 5.32 Å². The summed E-state index contributed by atoms with van der Waals surface area (Å²) in [5.74, 6) is 1.18. The van der Waals surface area contributed by atoms with Crippen LogP contribution in [0, 0.1) is 6.92 Å². The summed E-state index contributed by atoms with van der Waals surface area (Å²) in [6.07, 6.45) is 0.0579. The molecule has 1 unspecified atom stereocenters. The van der Waals surface area contributed by atoms with Crippen molar-refractivity contribution in [2.45, 2.75) is 26.5 Å². The van der Waals surface area contributed by atoms with Crippen molar-refractivity contribution in [1.29, 1.82) is 0 Å². The predicted molar refractivity (Wildman–Crippen MR) is 120 cm³/mol. The van der Waals surface area contributed by atoms with Gasteiger partial charge in [-0.2, -0.15) is 0 Å². The maximum atomic E-state index is 9.41. The number of ether oxygens (including phenoxy) is 1. The highest BCUT2D eigenvalue weighted by Crippen LogP contribution is 2.25. The highest BCUT2D eigenvalue weighted by molar-refractivity contribution is 14.0. The van der Waals surface area contributed by atoms with Gasteiger partial charge in [-0.15, -0.1) is 24.0 Å². The maximum Gasteiger partial charge on any atom is 0.194 e. The zero-order valence-corrected chi connectivity index (χ0v) is 18.2. The Morgan fingerprint density at radius 2 is 1.96 bits per heavy atom. The molecule has 1 fully saturated rings. The Morgan fingerprint density at radius 1 is 1.22 bits per heavy atom. The minimum Gasteiger partial charge on any atom is -0.508 e. The largest absolute Gasteiger partial charge is 0.508 e. The van der Waals surface area contributed by atoms with Gasteiger partial charge in [-0.1, -0.05) is 36.4 Å². The summed E-state index contributed by atoms with van der Waals surface area (Å²) in [6.45, 7) is 7.89. The van der Waals surface area contributed by atoms with Gasteiger partial charge in [-0.05, 0) is 42.7 Å². The number of phenolic OH excluding ortho intramolecular Hbond substituents is 1. The zero-order chi connectivity index (χ0) is 18.4. The third-order valence-electron chi connectivity index (χ3n) is 4.58. The van der Waals surface area contributed by atoms with Crippen LogP contribution in [0.25, 0.3) is 0 Å². The number of hydrogen-bond donors (Lipinski definition) is 2. The van der Waals surface area contributed by atoms with E-state index in [4.69, 9.17) is 9.73 Å². The van der Waals surface area contributed by atoms with Crippen molar-refractivity contribution in [1.82, 2.24) is 10.2 Å². The van der Waals surface area contributed by atoms with Crippen LogP contribution >= 0.6 is 24.0 Å². The number of guanidine groups is 1. The second kappa shape index (κ2) is 10.5. The number of phenols is 1. The number of hydrogen-bond acceptors (Lipinski definition) is 3. The van der Waals surface area contributed by atoms with E-state index in [2.05, 4.69) is 48.3 Å². The third kappa shape index (κ3) is 5.84.